The summed E-state index contributed by atoms with van der Waals surface area (Å²) in [6, 6.07) is 11.1. The molecule has 0 aliphatic rings. The van der Waals surface area contributed by atoms with Crippen molar-refractivity contribution in [3.05, 3.63) is 42.6 Å². The topological polar surface area (TPSA) is 117 Å². The average Bonchev–Trinajstić information content (AvgIpc) is 2.45. The number of pyridine rings is 1. The second kappa shape index (κ2) is 6.99. The van der Waals surface area contributed by atoms with Gasteiger partial charge in [0.25, 0.3) is 0 Å². The van der Waals surface area contributed by atoms with Gasteiger partial charge in [-0.05, 0) is 49.5 Å². The molecule has 2 rings (SSSR count). The Labute approximate surface area is 140 Å². The van der Waals surface area contributed by atoms with E-state index in [1.165, 1.54) is 0 Å². The summed E-state index contributed by atoms with van der Waals surface area (Å²) >= 11 is 0. The molecule has 0 fully saturated rings. The van der Waals surface area contributed by atoms with E-state index in [0.717, 1.165) is 11.1 Å². The average molecular weight is 328 g/mol. The summed E-state index contributed by atoms with van der Waals surface area (Å²) in [5.74, 6) is 0.546. The van der Waals surface area contributed by atoms with Gasteiger partial charge in [-0.1, -0.05) is 12.1 Å². The van der Waals surface area contributed by atoms with Crippen LogP contribution in [0.4, 0.5) is 16.3 Å². The molecule has 1 amide bonds. The normalized spacial score (nSPS) is 10.8. The molecular weight excluding hydrogens is 306 g/mol. The molecule has 0 saturated carbocycles. The first-order valence-corrected chi connectivity index (χ1v) is 7.45. The minimum Gasteiger partial charge on any atom is -0.444 e. The lowest BCUT2D eigenvalue weighted by Crippen LogP contribution is -2.27. The third kappa shape index (κ3) is 5.28. The molecule has 7 nitrogen and oxygen atoms in total. The Morgan fingerprint density at radius 3 is 2.50 bits per heavy atom. The van der Waals surface area contributed by atoms with E-state index in [-0.39, 0.29) is 5.96 Å². The fourth-order valence-corrected chi connectivity index (χ4v) is 2.00. The SMILES string of the molecule is CC(C)(C)OC(=O)Nc1cccc(-c2ccc(N=C(N)N)[nH+]c2)c1. The van der Waals surface area contributed by atoms with Crippen molar-refractivity contribution in [3.63, 3.8) is 0 Å². The summed E-state index contributed by atoms with van der Waals surface area (Å²) in [6.07, 6.45) is 1.29. The quantitative estimate of drug-likeness (QED) is 0.592. The Balaban J connectivity index is 2.15. The van der Waals surface area contributed by atoms with Gasteiger partial charge in [-0.25, -0.2) is 9.78 Å². The van der Waals surface area contributed by atoms with Gasteiger partial charge in [-0.3, -0.25) is 5.32 Å². The Bertz CT molecular complexity index is 744. The number of hydrogen-bond donors (Lipinski definition) is 3. The number of carbonyl (C=O) groups is 1. The first kappa shape index (κ1) is 17.3. The summed E-state index contributed by atoms with van der Waals surface area (Å²) in [5, 5.41) is 2.72. The van der Waals surface area contributed by atoms with E-state index in [1.807, 2.05) is 45.0 Å². The van der Waals surface area contributed by atoms with Gasteiger partial charge in [0.05, 0.1) is 6.20 Å². The minimum atomic E-state index is -0.544. The molecule has 1 aromatic carbocycles. The smallest absolute Gasteiger partial charge is 0.412 e. The molecule has 0 radical (unpaired) electrons. The fraction of sp³-hybridized carbons (Fsp3) is 0.235. The molecule has 1 heterocycles. The monoisotopic (exact) mass is 328 g/mol. The molecule has 0 aliphatic carbocycles. The van der Waals surface area contributed by atoms with Crippen LogP contribution in [0.1, 0.15) is 20.8 Å². The van der Waals surface area contributed by atoms with Crippen molar-refractivity contribution in [2.24, 2.45) is 16.5 Å². The van der Waals surface area contributed by atoms with Crippen LogP contribution < -0.4 is 21.8 Å². The molecule has 0 bridgehead atoms. The highest BCUT2D eigenvalue weighted by molar-refractivity contribution is 5.86. The maximum Gasteiger partial charge on any atom is 0.412 e. The van der Waals surface area contributed by atoms with Crippen LogP contribution >= 0.6 is 0 Å². The molecule has 0 atom stereocenters. The first-order chi connectivity index (χ1) is 11.2. The molecule has 6 N–H and O–H groups in total. The minimum absolute atomic E-state index is 0.0115. The first-order valence-electron chi connectivity index (χ1n) is 7.45. The van der Waals surface area contributed by atoms with Crippen molar-refractivity contribution < 1.29 is 14.5 Å². The van der Waals surface area contributed by atoms with Gasteiger partial charge >= 0.3 is 17.9 Å². The summed E-state index contributed by atoms with van der Waals surface area (Å²) in [6.45, 7) is 5.45. The lowest BCUT2D eigenvalue weighted by atomic mass is 10.1. The third-order valence-corrected chi connectivity index (χ3v) is 2.89. The number of aromatic amines is 1. The van der Waals surface area contributed by atoms with Crippen LogP contribution in [-0.2, 0) is 4.74 Å². The Morgan fingerprint density at radius 1 is 1.17 bits per heavy atom. The number of guanidine groups is 1. The molecule has 7 heteroatoms. The third-order valence-electron chi connectivity index (χ3n) is 2.89. The van der Waals surface area contributed by atoms with Gasteiger partial charge in [0, 0.05) is 17.3 Å². The number of aromatic nitrogens is 1. The number of carbonyl (C=O) groups excluding carboxylic acids is 1. The van der Waals surface area contributed by atoms with Gasteiger partial charge in [-0.2, -0.15) is 0 Å². The Hall–Kier alpha value is -3.09. The van der Waals surface area contributed by atoms with Crippen LogP contribution in [-0.4, -0.2) is 17.7 Å². The van der Waals surface area contributed by atoms with Crippen LogP contribution in [0.2, 0.25) is 0 Å². The van der Waals surface area contributed by atoms with Crippen LogP contribution in [0.3, 0.4) is 0 Å². The highest BCUT2D eigenvalue weighted by Crippen LogP contribution is 2.22. The van der Waals surface area contributed by atoms with Crippen molar-refractivity contribution in [3.8, 4) is 11.1 Å². The number of rotatable bonds is 3. The van der Waals surface area contributed by atoms with Crippen molar-refractivity contribution in [1.29, 1.82) is 0 Å². The van der Waals surface area contributed by atoms with E-state index in [0.29, 0.717) is 11.5 Å². The fourth-order valence-electron chi connectivity index (χ4n) is 2.00. The summed E-state index contributed by atoms with van der Waals surface area (Å²) in [4.78, 5) is 18.8. The number of nitrogens with zero attached hydrogens (tertiary/aromatic N) is 1. The number of ether oxygens (including phenoxy) is 1. The largest absolute Gasteiger partial charge is 0.444 e. The van der Waals surface area contributed by atoms with Crippen molar-refractivity contribution in [2.75, 3.05) is 5.32 Å². The molecule has 126 valence electrons. The Morgan fingerprint density at radius 2 is 1.92 bits per heavy atom. The second-order valence-corrected chi connectivity index (χ2v) is 6.21. The van der Waals surface area contributed by atoms with Crippen molar-refractivity contribution in [2.45, 2.75) is 26.4 Å². The van der Waals surface area contributed by atoms with Gasteiger partial charge in [0.15, 0.2) is 0 Å². The highest BCUT2D eigenvalue weighted by Gasteiger charge is 2.16. The number of H-pyrrole nitrogens is 1. The number of anilines is 1. The van der Waals surface area contributed by atoms with E-state index in [9.17, 15) is 4.79 Å². The number of nitrogens with one attached hydrogen (secondary N) is 2. The van der Waals surface area contributed by atoms with Gasteiger partial charge in [0.2, 0.25) is 0 Å². The maximum absolute atomic E-state index is 11.8. The molecule has 0 saturated heterocycles. The van der Waals surface area contributed by atoms with E-state index >= 15 is 0 Å². The van der Waals surface area contributed by atoms with E-state index in [2.05, 4.69) is 15.3 Å². The molecule has 2 aromatic rings. The van der Waals surface area contributed by atoms with Crippen molar-refractivity contribution >= 4 is 23.6 Å². The zero-order chi connectivity index (χ0) is 17.7. The molecular formula is C17H22N5O2+. The number of hydrogen-bond acceptors (Lipinski definition) is 3. The van der Waals surface area contributed by atoms with Gasteiger partial charge < -0.3 is 16.2 Å². The van der Waals surface area contributed by atoms with Crippen LogP contribution in [0.5, 0.6) is 0 Å². The zero-order valence-electron chi connectivity index (χ0n) is 14.0. The Kier molecular flexibility index (Phi) is 5.03. The van der Waals surface area contributed by atoms with E-state index in [4.69, 9.17) is 16.2 Å². The van der Waals surface area contributed by atoms with Crippen LogP contribution in [0.25, 0.3) is 11.1 Å². The molecule has 24 heavy (non-hydrogen) atoms. The predicted octanol–water partition coefficient (Wildman–Crippen LogP) is 2.42. The van der Waals surface area contributed by atoms with Gasteiger partial charge in [-0.15, -0.1) is 0 Å². The standard InChI is InChI=1S/C17H21N5O2/c1-17(2,3)24-16(23)21-13-6-4-5-11(9-13)12-7-8-14(20-10-12)22-15(18)19/h4-10H,1-3H3,(H,21,23)(H4,18,19,20,22)/p+1. The molecule has 0 spiro atoms. The molecule has 1 aromatic heterocycles. The number of benzene rings is 1. The number of nitrogens with two attached hydrogens (primary N) is 2. The number of aliphatic imine (C=N–C) groups is 1. The van der Waals surface area contributed by atoms with Crippen LogP contribution in [0.15, 0.2) is 47.6 Å². The zero-order valence-corrected chi connectivity index (χ0v) is 14.0. The van der Waals surface area contributed by atoms with Crippen LogP contribution in [0, 0.1) is 0 Å². The maximum atomic E-state index is 11.8. The van der Waals surface area contributed by atoms with Gasteiger partial charge in [0.1, 0.15) is 5.60 Å². The summed E-state index contributed by atoms with van der Waals surface area (Å²) in [5.41, 5.74) is 12.6. The molecule has 0 aliphatic heterocycles. The van der Waals surface area contributed by atoms with E-state index in [1.54, 1.807) is 18.3 Å². The lowest BCUT2D eigenvalue weighted by Gasteiger charge is -2.19. The predicted molar refractivity (Wildman–Crippen MR) is 93.8 cm³/mol. The highest BCUT2D eigenvalue weighted by atomic mass is 16.6. The summed E-state index contributed by atoms with van der Waals surface area (Å²) < 4.78 is 5.25. The summed E-state index contributed by atoms with van der Waals surface area (Å²) in [7, 11) is 0. The van der Waals surface area contributed by atoms with Crippen molar-refractivity contribution in [1.82, 2.24) is 0 Å². The van der Waals surface area contributed by atoms with E-state index < -0.39 is 11.7 Å². The second-order valence-electron chi connectivity index (χ2n) is 6.21. The lowest BCUT2D eigenvalue weighted by molar-refractivity contribution is -0.361. The molecule has 0 unspecified atom stereocenters. The number of amides is 1.